The van der Waals surface area contributed by atoms with Gasteiger partial charge in [-0.05, 0) is 44.4 Å². The predicted molar refractivity (Wildman–Crippen MR) is 113 cm³/mol. The van der Waals surface area contributed by atoms with Crippen LogP contribution in [-0.4, -0.2) is 65.2 Å². The van der Waals surface area contributed by atoms with E-state index in [-0.39, 0.29) is 24.2 Å². The smallest absolute Gasteiger partial charge is 0.245 e. The summed E-state index contributed by atoms with van der Waals surface area (Å²) in [6.45, 7) is 6.21. The quantitative estimate of drug-likeness (QED) is 0.747. The van der Waals surface area contributed by atoms with Gasteiger partial charge in [-0.25, -0.2) is 4.98 Å². The fraction of sp³-hybridized carbons (Fsp3) is 0.571. The summed E-state index contributed by atoms with van der Waals surface area (Å²) >= 11 is 1.38. The minimum absolute atomic E-state index is 0.0774. The van der Waals surface area contributed by atoms with Crippen molar-refractivity contribution in [3.8, 4) is 5.75 Å². The molecule has 2 fully saturated rings. The van der Waals surface area contributed by atoms with E-state index in [0.717, 1.165) is 41.7 Å². The minimum Gasteiger partial charge on any atom is -0.497 e. The van der Waals surface area contributed by atoms with Gasteiger partial charge < -0.3 is 19.3 Å². The van der Waals surface area contributed by atoms with Crippen LogP contribution in [0.15, 0.2) is 24.3 Å². The molecule has 1 aromatic carbocycles. The average Bonchev–Trinajstić information content (AvgIpc) is 3.36. The molecule has 2 saturated heterocycles. The third kappa shape index (κ3) is 4.53. The van der Waals surface area contributed by atoms with Crippen molar-refractivity contribution >= 4 is 22.6 Å². The van der Waals surface area contributed by atoms with E-state index in [1.54, 1.807) is 7.11 Å². The van der Waals surface area contributed by atoms with Crippen LogP contribution in [0.1, 0.15) is 38.1 Å². The highest BCUT2D eigenvalue weighted by Crippen LogP contribution is 2.29. The maximum atomic E-state index is 13.2. The molecule has 2 aromatic rings. The van der Waals surface area contributed by atoms with E-state index in [1.165, 1.54) is 11.5 Å². The van der Waals surface area contributed by atoms with Crippen LogP contribution in [0.5, 0.6) is 5.75 Å². The van der Waals surface area contributed by atoms with Crippen LogP contribution in [0, 0.1) is 0 Å². The zero-order valence-electron chi connectivity index (χ0n) is 17.2. The van der Waals surface area contributed by atoms with E-state index in [1.807, 2.05) is 43.0 Å². The SMILES string of the molecule is COc1cccc(Cc2nsc(N3CCCC3C(=O)N3CC(C)OC(C)C3)n2)c1. The molecule has 1 aromatic heterocycles. The number of hydrogen-bond acceptors (Lipinski definition) is 7. The van der Waals surface area contributed by atoms with Crippen LogP contribution in [0.4, 0.5) is 5.13 Å². The Kier molecular flexibility index (Phi) is 6.01. The van der Waals surface area contributed by atoms with Gasteiger partial charge in [0.05, 0.1) is 19.3 Å². The van der Waals surface area contributed by atoms with E-state index in [4.69, 9.17) is 14.5 Å². The Morgan fingerprint density at radius 3 is 2.86 bits per heavy atom. The first-order chi connectivity index (χ1) is 14.0. The van der Waals surface area contributed by atoms with Crippen molar-refractivity contribution in [3.63, 3.8) is 0 Å². The van der Waals surface area contributed by atoms with Crippen LogP contribution < -0.4 is 9.64 Å². The Balaban J connectivity index is 1.45. The zero-order valence-corrected chi connectivity index (χ0v) is 18.0. The molecule has 0 spiro atoms. The number of aromatic nitrogens is 2. The summed E-state index contributed by atoms with van der Waals surface area (Å²) in [5.41, 5.74) is 1.11. The summed E-state index contributed by atoms with van der Waals surface area (Å²) in [6, 6.07) is 7.80. The van der Waals surface area contributed by atoms with Gasteiger partial charge in [0.1, 0.15) is 17.6 Å². The number of anilines is 1. The standard InChI is InChI=1S/C21H28N4O3S/c1-14-12-24(13-15(2)28-14)20(26)18-8-5-9-25(18)21-22-19(23-29-21)11-16-6-4-7-17(10-16)27-3/h4,6-7,10,14-15,18H,5,8-9,11-13H2,1-3H3. The van der Waals surface area contributed by atoms with Crippen LogP contribution >= 0.6 is 11.5 Å². The molecule has 0 radical (unpaired) electrons. The average molecular weight is 417 g/mol. The molecule has 3 atom stereocenters. The molecule has 29 heavy (non-hydrogen) atoms. The van der Waals surface area contributed by atoms with Crippen LogP contribution in [0.3, 0.4) is 0 Å². The molecule has 0 bridgehead atoms. The van der Waals surface area contributed by atoms with Crippen molar-refractivity contribution < 1.29 is 14.3 Å². The Morgan fingerprint density at radius 1 is 1.31 bits per heavy atom. The molecule has 0 N–H and O–H groups in total. The lowest BCUT2D eigenvalue weighted by Crippen LogP contribution is -2.53. The van der Waals surface area contributed by atoms with Gasteiger partial charge in [0, 0.05) is 37.6 Å². The molecule has 7 nitrogen and oxygen atoms in total. The number of ether oxygens (including phenoxy) is 2. The molecule has 4 rings (SSSR count). The zero-order chi connectivity index (χ0) is 20.4. The molecular weight excluding hydrogens is 388 g/mol. The minimum atomic E-state index is -0.148. The number of morpholine rings is 1. The number of hydrogen-bond donors (Lipinski definition) is 0. The number of nitrogens with zero attached hydrogens (tertiary/aromatic N) is 4. The van der Waals surface area contributed by atoms with Crippen LogP contribution in [0.2, 0.25) is 0 Å². The monoisotopic (exact) mass is 416 g/mol. The predicted octanol–water partition coefficient (Wildman–Crippen LogP) is 2.74. The summed E-state index contributed by atoms with van der Waals surface area (Å²) in [6.07, 6.45) is 2.67. The molecule has 2 aliphatic heterocycles. The van der Waals surface area contributed by atoms with Crippen molar-refractivity contribution in [1.29, 1.82) is 0 Å². The normalized spacial score (nSPS) is 24.7. The number of amides is 1. The first kappa shape index (κ1) is 20.1. The first-order valence-corrected chi connectivity index (χ1v) is 11.0. The highest BCUT2D eigenvalue weighted by Gasteiger charge is 2.37. The van der Waals surface area contributed by atoms with E-state index in [0.29, 0.717) is 19.5 Å². The van der Waals surface area contributed by atoms with Crippen LogP contribution in [-0.2, 0) is 16.0 Å². The van der Waals surface area contributed by atoms with E-state index in [2.05, 4.69) is 9.27 Å². The van der Waals surface area contributed by atoms with Gasteiger partial charge in [0.25, 0.3) is 0 Å². The second kappa shape index (κ2) is 8.67. The van der Waals surface area contributed by atoms with Gasteiger partial charge in [0.15, 0.2) is 0 Å². The maximum Gasteiger partial charge on any atom is 0.245 e. The summed E-state index contributed by atoms with van der Waals surface area (Å²) in [5, 5.41) is 0.841. The summed E-state index contributed by atoms with van der Waals surface area (Å²) in [7, 11) is 1.67. The number of benzene rings is 1. The molecule has 0 saturated carbocycles. The van der Waals surface area contributed by atoms with Crippen molar-refractivity contribution in [2.24, 2.45) is 0 Å². The molecule has 8 heteroatoms. The van der Waals surface area contributed by atoms with Gasteiger partial charge in [-0.15, -0.1) is 0 Å². The van der Waals surface area contributed by atoms with E-state index in [9.17, 15) is 4.79 Å². The molecule has 3 heterocycles. The Bertz CT molecular complexity index is 848. The number of carbonyl (C=O) groups is 1. The van der Waals surface area contributed by atoms with Crippen LogP contribution in [0.25, 0.3) is 0 Å². The van der Waals surface area contributed by atoms with Crippen molar-refractivity contribution in [3.05, 3.63) is 35.7 Å². The largest absolute Gasteiger partial charge is 0.497 e. The van der Waals surface area contributed by atoms with Gasteiger partial charge in [-0.3, -0.25) is 4.79 Å². The van der Waals surface area contributed by atoms with Crippen molar-refractivity contribution in [1.82, 2.24) is 14.3 Å². The topological polar surface area (TPSA) is 67.8 Å². The lowest BCUT2D eigenvalue weighted by Gasteiger charge is -2.38. The highest BCUT2D eigenvalue weighted by atomic mass is 32.1. The van der Waals surface area contributed by atoms with Gasteiger partial charge in [-0.2, -0.15) is 4.37 Å². The molecule has 0 aliphatic carbocycles. The fourth-order valence-corrected chi connectivity index (χ4v) is 4.98. The summed E-state index contributed by atoms with van der Waals surface area (Å²) < 4.78 is 15.6. The molecule has 1 amide bonds. The number of methoxy groups -OCH3 is 1. The summed E-state index contributed by atoms with van der Waals surface area (Å²) in [4.78, 5) is 22.1. The molecule has 2 aliphatic rings. The number of carbonyl (C=O) groups excluding carboxylic acids is 1. The Hall–Kier alpha value is -2.19. The summed E-state index contributed by atoms with van der Waals surface area (Å²) in [5.74, 6) is 1.80. The van der Waals surface area contributed by atoms with Gasteiger partial charge >= 0.3 is 0 Å². The second-order valence-corrected chi connectivity index (χ2v) is 8.60. The molecular formula is C21H28N4O3S. The maximum absolute atomic E-state index is 13.2. The van der Waals surface area contributed by atoms with E-state index < -0.39 is 0 Å². The third-order valence-electron chi connectivity index (χ3n) is 5.47. The number of rotatable bonds is 5. The second-order valence-electron chi connectivity index (χ2n) is 7.87. The molecule has 3 unspecified atom stereocenters. The Labute approximate surface area is 175 Å². The highest BCUT2D eigenvalue weighted by molar-refractivity contribution is 7.09. The first-order valence-electron chi connectivity index (χ1n) is 10.2. The van der Waals surface area contributed by atoms with Crippen molar-refractivity contribution in [2.75, 3.05) is 31.6 Å². The third-order valence-corrected chi connectivity index (χ3v) is 6.26. The molecule has 156 valence electrons. The fourth-order valence-electron chi connectivity index (χ4n) is 4.22. The van der Waals surface area contributed by atoms with Gasteiger partial charge in [-0.1, -0.05) is 12.1 Å². The lowest BCUT2D eigenvalue weighted by molar-refractivity contribution is -0.144. The van der Waals surface area contributed by atoms with E-state index >= 15 is 0 Å². The van der Waals surface area contributed by atoms with Gasteiger partial charge in [0.2, 0.25) is 11.0 Å². The Morgan fingerprint density at radius 2 is 2.10 bits per heavy atom. The lowest BCUT2D eigenvalue weighted by atomic mass is 10.1. The van der Waals surface area contributed by atoms with Crippen molar-refractivity contribution in [2.45, 2.75) is 51.4 Å².